The summed E-state index contributed by atoms with van der Waals surface area (Å²) in [5.41, 5.74) is 2.47. The third-order valence-corrected chi connectivity index (χ3v) is 6.93. The number of thioether (sulfide) groups is 1. The number of amides is 2. The molecule has 0 unspecified atom stereocenters. The molecule has 0 radical (unpaired) electrons. The number of benzene rings is 3. The molecule has 1 heterocycles. The van der Waals surface area contributed by atoms with E-state index in [2.05, 4.69) is 5.32 Å². The second kappa shape index (κ2) is 11.3. The molecule has 4 rings (SSSR count). The molecular weight excluding hydrogens is 484 g/mol. The molecule has 1 aliphatic rings. The van der Waals surface area contributed by atoms with E-state index in [-0.39, 0.29) is 18.4 Å². The van der Waals surface area contributed by atoms with Gasteiger partial charge in [0, 0.05) is 16.5 Å². The third-order valence-electron chi connectivity index (χ3n) is 5.51. The summed E-state index contributed by atoms with van der Waals surface area (Å²) in [7, 11) is 3.18. The van der Waals surface area contributed by atoms with E-state index in [0.29, 0.717) is 40.1 Å². The monoisotopic (exact) mass is 508 g/mol. The molecule has 8 heteroatoms. The number of methoxy groups -OCH3 is 2. The lowest BCUT2D eigenvalue weighted by atomic mass is 10.1. The minimum absolute atomic E-state index is 0.0811. The molecule has 3 aromatic carbocycles. The summed E-state index contributed by atoms with van der Waals surface area (Å²) < 4.78 is 10.6. The average Bonchev–Trinajstić information content (AvgIpc) is 2.87. The van der Waals surface area contributed by atoms with Crippen molar-refractivity contribution in [3.63, 3.8) is 0 Å². The van der Waals surface area contributed by atoms with E-state index < -0.39 is 0 Å². The van der Waals surface area contributed by atoms with E-state index >= 15 is 0 Å². The van der Waals surface area contributed by atoms with E-state index in [1.54, 1.807) is 26.4 Å². The number of hydrogen-bond donors (Lipinski definition) is 1. The molecule has 0 bridgehead atoms. The summed E-state index contributed by atoms with van der Waals surface area (Å²) in [6, 6.07) is 20.6. The van der Waals surface area contributed by atoms with Crippen molar-refractivity contribution < 1.29 is 19.1 Å². The van der Waals surface area contributed by atoms with Crippen molar-refractivity contribution >= 4 is 46.9 Å². The molecule has 35 heavy (non-hydrogen) atoms. The second-order valence-corrected chi connectivity index (χ2v) is 9.27. The number of carbonyl (C=O) groups excluding carboxylic acids is 2. The summed E-state index contributed by atoms with van der Waals surface area (Å²) >= 11 is 7.68. The van der Waals surface area contributed by atoms with Gasteiger partial charge in [-0.1, -0.05) is 59.8 Å². The van der Waals surface area contributed by atoms with E-state index in [1.165, 1.54) is 16.7 Å². The minimum Gasteiger partial charge on any atom is -0.493 e. The zero-order valence-electron chi connectivity index (χ0n) is 19.4. The van der Waals surface area contributed by atoms with Crippen LogP contribution in [0.15, 0.2) is 76.5 Å². The van der Waals surface area contributed by atoms with Gasteiger partial charge in [0.05, 0.1) is 24.8 Å². The van der Waals surface area contributed by atoms with Crippen LogP contribution in [0.1, 0.15) is 11.1 Å². The molecule has 1 aliphatic heterocycles. The van der Waals surface area contributed by atoms with Crippen molar-refractivity contribution in [1.82, 2.24) is 5.32 Å². The van der Waals surface area contributed by atoms with Gasteiger partial charge in [0.15, 0.2) is 11.5 Å². The van der Waals surface area contributed by atoms with Gasteiger partial charge in [-0.25, -0.2) is 0 Å². The first kappa shape index (κ1) is 24.7. The number of halogens is 1. The Morgan fingerprint density at radius 3 is 2.54 bits per heavy atom. The zero-order valence-corrected chi connectivity index (χ0v) is 21.0. The fraction of sp³-hybridized carbons (Fsp3) is 0.185. The minimum atomic E-state index is -0.238. The van der Waals surface area contributed by atoms with E-state index in [1.807, 2.05) is 60.7 Å². The van der Waals surface area contributed by atoms with Crippen LogP contribution in [0, 0.1) is 0 Å². The number of carbonyl (C=O) groups is 2. The molecule has 3 aromatic rings. The quantitative estimate of drug-likeness (QED) is 0.424. The molecule has 2 amide bonds. The lowest BCUT2D eigenvalue weighted by Crippen LogP contribution is -2.43. The predicted molar refractivity (Wildman–Crippen MR) is 140 cm³/mol. The van der Waals surface area contributed by atoms with Crippen molar-refractivity contribution in [2.45, 2.75) is 11.3 Å². The van der Waals surface area contributed by atoms with Gasteiger partial charge in [0.1, 0.15) is 6.54 Å². The second-order valence-electron chi connectivity index (χ2n) is 7.78. The number of hydrogen-bond acceptors (Lipinski definition) is 5. The summed E-state index contributed by atoms with van der Waals surface area (Å²) in [6.07, 6.45) is 2.39. The van der Waals surface area contributed by atoms with Crippen molar-refractivity contribution in [1.29, 1.82) is 0 Å². The average molecular weight is 509 g/mol. The molecule has 180 valence electrons. The van der Waals surface area contributed by atoms with Gasteiger partial charge < -0.3 is 14.8 Å². The van der Waals surface area contributed by atoms with Crippen LogP contribution in [-0.2, 0) is 16.0 Å². The molecule has 0 aliphatic carbocycles. The number of nitrogens with one attached hydrogen (secondary N) is 1. The SMILES string of the molecule is COc1ccc(CCNC(=O)CN2C(=O)/C(=C\c3ccccc3Cl)Sc3ccccc32)cc1OC. The van der Waals surface area contributed by atoms with Crippen LogP contribution < -0.4 is 19.7 Å². The Morgan fingerprint density at radius 1 is 1.03 bits per heavy atom. The van der Waals surface area contributed by atoms with Gasteiger partial charge in [-0.05, 0) is 54.0 Å². The van der Waals surface area contributed by atoms with E-state index in [4.69, 9.17) is 21.1 Å². The summed E-state index contributed by atoms with van der Waals surface area (Å²) in [4.78, 5) is 29.1. The van der Waals surface area contributed by atoms with Gasteiger partial charge in [0.25, 0.3) is 5.91 Å². The smallest absolute Gasteiger partial charge is 0.265 e. The van der Waals surface area contributed by atoms with Crippen LogP contribution >= 0.6 is 23.4 Å². The third kappa shape index (κ3) is 5.81. The number of ether oxygens (including phenoxy) is 2. The molecular formula is C27H25ClN2O4S. The first-order valence-corrected chi connectivity index (χ1v) is 12.2. The molecule has 0 spiro atoms. The highest BCUT2D eigenvalue weighted by atomic mass is 35.5. The van der Waals surface area contributed by atoms with Crippen molar-refractivity contribution in [3.05, 3.63) is 87.8 Å². The highest BCUT2D eigenvalue weighted by Crippen LogP contribution is 2.42. The number of anilines is 1. The number of fused-ring (bicyclic) bond motifs is 1. The molecule has 0 fully saturated rings. The highest BCUT2D eigenvalue weighted by molar-refractivity contribution is 8.04. The molecule has 0 aromatic heterocycles. The Labute approximate surface area is 213 Å². The first-order valence-electron chi connectivity index (χ1n) is 11.0. The first-order chi connectivity index (χ1) is 17.0. The lowest BCUT2D eigenvalue weighted by molar-refractivity contribution is -0.122. The Morgan fingerprint density at radius 2 is 1.77 bits per heavy atom. The van der Waals surface area contributed by atoms with Gasteiger partial charge in [-0.3, -0.25) is 14.5 Å². The molecule has 0 atom stereocenters. The maximum Gasteiger partial charge on any atom is 0.265 e. The van der Waals surface area contributed by atoms with Gasteiger partial charge in [-0.2, -0.15) is 0 Å². The number of nitrogens with zero attached hydrogens (tertiary/aromatic N) is 1. The maximum atomic E-state index is 13.4. The topological polar surface area (TPSA) is 67.9 Å². The van der Waals surface area contributed by atoms with E-state index in [0.717, 1.165) is 16.0 Å². The number of para-hydroxylation sites is 1. The molecule has 6 nitrogen and oxygen atoms in total. The van der Waals surface area contributed by atoms with Crippen LogP contribution in [0.3, 0.4) is 0 Å². The van der Waals surface area contributed by atoms with Crippen LogP contribution in [0.25, 0.3) is 6.08 Å². The maximum absolute atomic E-state index is 13.4. The largest absolute Gasteiger partial charge is 0.493 e. The molecule has 0 saturated heterocycles. The van der Waals surface area contributed by atoms with Gasteiger partial charge in [0.2, 0.25) is 5.91 Å². The van der Waals surface area contributed by atoms with Crippen LogP contribution in [0.2, 0.25) is 5.02 Å². The number of rotatable bonds is 8. The molecule has 0 saturated carbocycles. The van der Waals surface area contributed by atoms with Crippen molar-refractivity contribution in [3.8, 4) is 11.5 Å². The fourth-order valence-electron chi connectivity index (χ4n) is 3.73. The van der Waals surface area contributed by atoms with Crippen molar-refractivity contribution in [2.24, 2.45) is 0 Å². The zero-order chi connectivity index (χ0) is 24.8. The summed E-state index contributed by atoms with van der Waals surface area (Å²) in [5.74, 6) is 0.824. The van der Waals surface area contributed by atoms with Crippen LogP contribution in [0.5, 0.6) is 11.5 Å². The Hall–Kier alpha value is -3.42. The predicted octanol–water partition coefficient (Wildman–Crippen LogP) is 5.20. The molecule has 1 N–H and O–H groups in total. The Balaban J connectivity index is 1.46. The van der Waals surface area contributed by atoms with Crippen LogP contribution in [0.4, 0.5) is 5.69 Å². The standard InChI is InChI=1S/C27H25ClN2O4S/c1-33-22-12-11-18(15-23(22)34-2)13-14-29-26(31)17-30-21-9-5-6-10-24(21)35-25(27(30)32)16-19-7-3-4-8-20(19)28/h3-12,15-16H,13-14,17H2,1-2H3,(H,29,31)/b25-16+. The van der Waals surface area contributed by atoms with Gasteiger partial charge in [-0.15, -0.1) is 0 Å². The lowest BCUT2D eigenvalue weighted by Gasteiger charge is -2.29. The fourth-order valence-corrected chi connectivity index (χ4v) is 4.97. The van der Waals surface area contributed by atoms with Crippen molar-refractivity contribution in [2.75, 3.05) is 32.2 Å². The summed E-state index contributed by atoms with van der Waals surface area (Å²) in [5, 5.41) is 3.48. The van der Waals surface area contributed by atoms with Gasteiger partial charge >= 0.3 is 0 Å². The summed E-state index contributed by atoms with van der Waals surface area (Å²) in [6.45, 7) is 0.345. The Kier molecular flexibility index (Phi) is 8.00. The van der Waals surface area contributed by atoms with E-state index in [9.17, 15) is 9.59 Å². The van der Waals surface area contributed by atoms with Crippen LogP contribution in [-0.4, -0.2) is 39.1 Å². The highest BCUT2D eigenvalue weighted by Gasteiger charge is 2.30. The Bertz CT molecular complexity index is 1280. The normalized spacial score (nSPS) is 14.0.